The third-order valence-electron chi connectivity index (χ3n) is 4.91. The molecule has 2 atom stereocenters. The van der Waals surface area contributed by atoms with Crippen molar-refractivity contribution in [2.45, 2.75) is 37.9 Å². The molecule has 2 aliphatic rings. The van der Waals surface area contributed by atoms with E-state index in [4.69, 9.17) is 9.47 Å². The summed E-state index contributed by atoms with van der Waals surface area (Å²) >= 11 is 0. The fourth-order valence-electron chi connectivity index (χ4n) is 3.34. The molecule has 0 spiro atoms. The number of carbonyl (C=O) groups is 2. The second kappa shape index (κ2) is 10.1. The predicted molar refractivity (Wildman–Crippen MR) is 105 cm³/mol. The average Bonchev–Trinajstić information content (AvgIpc) is 3.42. The molecule has 156 valence electrons. The summed E-state index contributed by atoms with van der Waals surface area (Å²) in [5.41, 5.74) is 0.174. The number of amides is 2. The van der Waals surface area contributed by atoms with Gasteiger partial charge < -0.3 is 20.1 Å². The Bertz CT molecular complexity index is 748. The van der Waals surface area contributed by atoms with E-state index in [0.717, 1.165) is 25.7 Å². The number of rotatable bonds is 8. The van der Waals surface area contributed by atoms with E-state index < -0.39 is 16.7 Å². The van der Waals surface area contributed by atoms with Crippen LogP contribution in [-0.4, -0.2) is 55.2 Å². The maximum Gasteiger partial charge on any atom is 0.270 e. The summed E-state index contributed by atoms with van der Waals surface area (Å²) in [4.78, 5) is 35.9. The molecule has 2 amide bonds. The zero-order valence-electron chi connectivity index (χ0n) is 16.1. The van der Waals surface area contributed by atoms with Gasteiger partial charge in [-0.1, -0.05) is 12.1 Å². The van der Waals surface area contributed by atoms with Gasteiger partial charge in [0.15, 0.2) is 0 Å². The monoisotopic (exact) mass is 403 g/mol. The number of nitro groups is 1. The van der Waals surface area contributed by atoms with Crippen molar-refractivity contribution in [1.82, 2.24) is 10.6 Å². The summed E-state index contributed by atoms with van der Waals surface area (Å²) in [5.74, 6) is -1.09. The second-order valence-corrected chi connectivity index (χ2v) is 7.10. The minimum atomic E-state index is -0.545. The van der Waals surface area contributed by atoms with E-state index in [0.29, 0.717) is 31.9 Å². The highest BCUT2D eigenvalue weighted by molar-refractivity contribution is 6.21. The van der Waals surface area contributed by atoms with Gasteiger partial charge in [-0.05, 0) is 37.3 Å². The van der Waals surface area contributed by atoms with Gasteiger partial charge in [-0.15, -0.1) is 0 Å². The van der Waals surface area contributed by atoms with Crippen LogP contribution in [0.25, 0.3) is 6.08 Å². The number of non-ortho nitro benzene ring substituents is 1. The fraction of sp³-hybridized carbons (Fsp3) is 0.500. The molecule has 9 nitrogen and oxygen atoms in total. The van der Waals surface area contributed by atoms with Crippen LogP contribution in [0.1, 0.15) is 31.2 Å². The third kappa shape index (κ3) is 6.10. The van der Waals surface area contributed by atoms with Gasteiger partial charge in [0.1, 0.15) is 5.57 Å². The van der Waals surface area contributed by atoms with Crippen molar-refractivity contribution in [3.8, 4) is 0 Å². The quantitative estimate of drug-likeness (QED) is 0.224. The molecule has 2 aliphatic heterocycles. The summed E-state index contributed by atoms with van der Waals surface area (Å²) in [6.45, 7) is 1.95. The number of hydrogen-bond acceptors (Lipinski definition) is 6. The van der Waals surface area contributed by atoms with E-state index in [2.05, 4.69) is 10.6 Å². The van der Waals surface area contributed by atoms with Crippen LogP contribution < -0.4 is 10.6 Å². The first-order valence-electron chi connectivity index (χ1n) is 9.78. The first-order chi connectivity index (χ1) is 14.0. The van der Waals surface area contributed by atoms with Gasteiger partial charge in [-0.2, -0.15) is 0 Å². The summed E-state index contributed by atoms with van der Waals surface area (Å²) in [6.07, 6.45) is 4.84. The topological polar surface area (TPSA) is 120 Å². The number of nitrogens with one attached hydrogen (secondary N) is 2. The lowest BCUT2D eigenvalue weighted by molar-refractivity contribution is -0.384. The molecule has 3 rings (SSSR count). The van der Waals surface area contributed by atoms with Crippen molar-refractivity contribution < 1.29 is 24.0 Å². The Morgan fingerprint density at radius 1 is 1.07 bits per heavy atom. The van der Waals surface area contributed by atoms with Crippen molar-refractivity contribution in [3.63, 3.8) is 0 Å². The molecule has 1 aromatic carbocycles. The molecule has 2 saturated heterocycles. The van der Waals surface area contributed by atoms with Gasteiger partial charge in [0.25, 0.3) is 17.5 Å². The number of hydrogen-bond donors (Lipinski definition) is 2. The SMILES string of the molecule is O=C(NC[C@H]1CCCO1)C(=Cc1cccc([N+](=O)[O-])c1)C(=O)NC[C@@H]1CCCO1. The summed E-state index contributed by atoms with van der Waals surface area (Å²) in [7, 11) is 0. The molecule has 0 saturated carbocycles. The molecular weight excluding hydrogens is 378 g/mol. The van der Waals surface area contributed by atoms with E-state index in [1.165, 1.54) is 24.3 Å². The Kier molecular flexibility index (Phi) is 7.31. The normalized spacial score (nSPS) is 21.7. The highest BCUT2D eigenvalue weighted by atomic mass is 16.6. The summed E-state index contributed by atoms with van der Waals surface area (Å²) in [5, 5.41) is 16.5. The fourth-order valence-corrected chi connectivity index (χ4v) is 3.34. The van der Waals surface area contributed by atoms with Gasteiger partial charge >= 0.3 is 0 Å². The Morgan fingerprint density at radius 2 is 1.66 bits per heavy atom. The van der Waals surface area contributed by atoms with E-state index in [1.807, 2.05) is 0 Å². The van der Waals surface area contributed by atoms with Gasteiger partial charge in [-0.25, -0.2) is 0 Å². The van der Waals surface area contributed by atoms with E-state index >= 15 is 0 Å². The largest absolute Gasteiger partial charge is 0.376 e. The third-order valence-corrected chi connectivity index (χ3v) is 4.91. The second-order valence-electron chi connectivity index (χ2n) is 7.10. The van der Waals surface area contributed by atoms with Crippen molar-refractivity contribution >= 4 is 23.6 Å². The lowest BCUT2D eigenvalue weighted by Crippen LogP contribution is -2.40. The van der Waals surface area contributed by atoms with Crippen molar-refractivity contribution in [3.05, 3.63) is 45.5 Å². The highest BCUT2D eigenvalue weighted by Gasteiger charge is 2.23. The molecule has 2 heterocycles. The van der Waals surface area contributed by atoms with Gasteiger partial charge in [0.2, 0.25) is 0 Å². The molecule has 29 heavy (non-hydrogen) atoms. The summed E-state index contributed by atoms with van der Waals surface area (Å²) in [6, 6.07) is 5.79. The number of nitrogens with zero attached hydrogens (tertiary/aromatic N) is 1. The molecule has 0 bridgehead atoms. The Balaban J connectivity index is 1.73. The standard InChI is InChI=1S/C20H25N3O6/c24-19(21-12-16-6-2-8-28-16)18(20(25)22-13-17-7-3-9-29-17)11-14-4-1-5-15(10-14)23(26)27/h1,4-5,10-11,16-17H,2-3,6-9,12-13H2,(H,21,24)(H,22,25)/t16-,17+. The molecule has 2 fully saturated rings. The van der Waals surface area contributed by atoms with Gasteiger partial charge in [-0.3, -0.25) is 19.7 Å². The van der Waals surface area contributed by atoms with Gasteiger partial charge in [0.05, 0.1) is 17.1 Å². The molecule has 1 aromatic rings. The van der Waals surface area contributed by atoms with Crippen LogP contribution in [-0.2, 0) is 19.1 Å². The van der Waals surface area contributed by atoms with Crippen LogP contribution in [0.2, 0.25) is 0 Å². The van der Waals surface area contributed by atoms with Crippen LogP contribution in [0.15, 0.2) is 29.8 Å². The van der Waals surface area contributed by atoms with Gasteiger partial charge in [0, 0.05) is 38.4 Å². The molecule has 2 N–H and O–H groups in total. The first kappa shape index (κ1) is 20.9. The highest BCUT2D eigenvalue weighted by Crippen LogP contribution is 2.17. The zero-order chi connectivity index (χ0) is 20.6. The van der Waals surface area contributed by atoms with Crippen LogP contribution in [0, 0.1) is 10.1 Å². The first-order valence-corrected chi connectivity index (χ1v) is 9.78. The van der Waals surface area contributed by atoms with Crippen LogP contribution in [0.5, 0.6) is 0 Å². The number of ether oxygens (including phenoxy) is 2. The maximum absolute atomic E-state index is 12.7. The van der Waals surface area contributed by atoms with Crippen molar-refractivity contribution in [1.29, 1.82) is 0 Å². The van der Waals surface area contributed by atoms with Crippen molar-refractivity contribution in [2.75, 3.05) is 26.3 Å². The van der Waals surface area contributed by atoms with Crippen LogP contribution in [0.3, 0.4) is 0 Å². The minimum Gasteiger partial charge on any atom is -0.376 e. The molecule has 0 aromatic heterocycles. The predicted octanol–water partition coefficient (Wildman–Crippen LogP) is 1.57. The number of benzene rings is 1. The molecule has 0 radical (unpaired) electrons. The number of nitro benzene ring substituents is 1. The Labute approximate surface area is 168 Å². The van der Waals surface area contributed by atoms with Crippen molar-refractivity contribution in [2.24, 2.45) is 0 Å². The van der Waals surface area contributed by atoms with Crippen LogP contribution >= 0.6 is 0 Å². The van der Waals surface area contributed by atoms with E-state index in [9.17, 15) is 19.7 Å². The number of carbonyl (C=O) groups excluding carboxylic acids is 2. The Hall–Kier alpha value is -2.78. The molecular formula is C20H25N3O6. The molecule has 0 unspecified atom stereocenters. The minimum absolute atomic E-state index is 0.0621. The summed E-state index contributed by atoms with van der Waals surface area (Å²) < 4.78 is 11.0. The Morgan fingerprint density at radius 3 is 2.14 bits per heavy atom. The molecule has 0 aliphatic carbocycles. The van der Waals surface area contributed by atoms with Crippen LogP contribution in [0.4, 0.5) is 5.69 Å². The smallest absolute Gasteiger partial charge is 0.270 e. The lowest BCUT2D eigenvalue weighted by Gasteiger charge is -2.14. The van der Waals surface area contributed by atoms with E-state index in [1.54, 1.807) is 6.07 Å². The lowest BCUT2D eigenvalue weighted by atomic mass is 10.1. The van der Waals surface area contributed by atoms with E-state index in [-0.39, 0.29) is 23.5 Å². The maximum atomic E-state index is 12.7. The zero-order valence-corrected chi connectivity index (χ0v) is 16.1. The molecule has 9 heteroatoms. The average molecular weight is 403 g/mol.